The van der Waals surface area contributed by atoms with E-state index in [-0.39, 0.29) is 27.9 Å². The first kappa shape index (κ1) is 17.6. The average molecular weight is 372 g/mol. The number of aromatic nitrogens is 1. The second-order valence-corrected chi connectivity index (χ2v) is 8.87. The average Bonchev–Trinajstić information content (AvgIpc) is 3.40. The maximum absolute atomic E-state index is 12.7. The number of rotatable bonds is 5. The van der Waals surface area contributed by atoms with Gasteiger partial charge < -0.3 is 5.32 Å². The molecular weight excluding hydrogens is 350 g/mol. The normalized spacial score (nSPS) is 21.4. The quantitative estimate of drug-likeness (QED) is 0.803. The number of piperidine rings is 1. The summed E-state index contributed by atoms with van der Waals surface area (Å²) in [6, 6.07) is 3.23. The van der Waals surface area contributed by atoms with E-state index in [1.54, 1.807) is 6.07 Å². The summed E-state index contributed by atoms with van der Waals surface area (Å²) in [6.07, 6.45) is 4.88. The van der Waals surface area contributed by atoms with Crippen LogP contribution in [0.15, 0.2) is 23.2 Å². The molecule has 2 aliphatic rings. The van der Waals surface area contributed by atoms with E-state index in [0.29, 0.717) is 31.8 Å². The van der Waals surface area contributed by atoms with Crippen molar-refractivity contribution in [3.8, 4) is 0 Å². The van der Waals surface area contributed by atoms with E-state index in [0.717, 1.165) is 0 Å². The van der Waals surface area contributed by atoms with Crippen molar-refractivity contribution in [1.82, 2.24) is 14.6 Å². The Morgan fingerprint density at radius 1 is 1.33 bits per heavy atom. The largest absolute Gasteiger partial charge is 0.353 e. The zero-order valence-corrected chi connectivity index (χ0v) is 15.2. The lowest BCUT2D eigenvalue weighted by molar-refractivity contribution is -0.126. The number of carbonyl (C=O) groups is 1. The van der Waals surface area contributed by atoms with Gasteiger partial charge in [-0.25, -0.2) is 13.4 Å². The predicted octanol–water partition coefficient (Wildman–Crippen LogP) is 2.05. The molecule has 0 bridgehead atoms. The van der Waals surface area contributed by atoms with Gasteiger partial charge >= 0.3 is 0 Å². The van der Waals surface area contributed by atoms with E-state index >= 15 is 0 Å². The Bertz CT molecular complexity index is 713. The number of sulfonamides is 1. The Kier molecular flexibility index (Phi) is 5.13. The molecule has 1 saturated heterocycles. The van der Waals surface area contributed by atoms with E-state index in [9.17, 15) is 13.2 Å². The molecule has 0 radical (unpaired) electrons. The van der Waals surface area contributed by atoms with Crippen LogP contribution in [0.3, 0.4) is 0 Å². The zero-order chi connectivity index (χ0) is 17.3. The Balaban J connectivity index is 1.60. The Hall–Kier alpha value is -1.18. The first-order chi connectivity index (χ1) is 11.4. The van der Waals surface area contributed by atoms with Crippen molar-refractivity contribution in [2.45, 2.75) is 43.5 Å². The smallest absolute Gasteiger partial charge is 0.246 e. The van der Waals surface area contributed by atoms with Gasteiger partial charge in [-0.15, -0.1) is 0 Å². The summed E-state index contributed by atoms with van der Waals surface area (Å²) in [7, 11) is -3.66. The van der Waals surface area contributed by atoms with Gasteiger partial charge in [-0.1, -0.05) is 11.6 Å². The van der Waals surface area contributed by atoms with Crippen molar-refractivity contribution >= 4 is 27.5 Å². The summed E-state index contributed by atoms with van der Waals surface area (Å²) in [6.45, 7) is 2.69. The fraction of sp³-hybridized carbons (Fsp3) is 0.625. The lowest BCUT2D eigenvalue weighted by Gasteiger charge is -2.31. The van der Waals surface area contributed by atoms with Crippen LogP contribution in [0.1, 0.15) is 32.6 Å². The lowest BCUT2D eigenvalue weighted by atomic mass is 9.96. The van der Waals surface area contributed by atoms with Gasteiger partial charge in [0.1, 0.15) is 10.0 Å². The Morgan fingerprint density at radius 3 is 2.58 bits per heavy atom. The second-order valence-electron chi connectivity index (χ2n) is 6.61. The summed E-state index contributed by atoms with van der Waals surface area (Å²) in [5.41, 5.74) is 0. The van der Waals surface area contributed by atoms with Crippen LogP contribution in [0.5, 0.6) is 0 Å². The molecule has 1 aliphatic carbocycles. The van der Waals surface area contributed by atoms with Crippen molar-refractivity contribution < 1.29 is 13.2 Å². The Morgan fingerprint density at radius 2 is 2.00 bits per heavy atom. The van der Waals surface area contributed by atoms with Crippen LogP contribution in [0, 0.1) is 11.8 Å². The van der Waals surface area contributed by atoms with Gasteiger partial charge in [0.25, 0.3) is 0 Å². The number of carbonyl (C=O) groups excluding carboxylic acids is 1. The third kappa shape index (κ3) is 3.73. The van der Waals surface area contributed by atoms with Crippen molar-refractivity contribution in [1.29, 1.82) is 0 Å². The molecule has 8 heteroatoms. The molecule has 1 N–H and O–H groups in total. The maximum atomic E-state index is 12.7. The monoisotopic (exact) mass is 371 g/mol. The molecule has 1 aliphatic heterocycles. The third-order valence-corrected chi connectivity index (χ3v) is 7.21. The lowest BCUT2D eigenvalue weighted by Crippen LogP contribution is -2.45. The number of nitrogens with zero attached hydrogens (tertiary/aromatic N) is 2. The molecule has 24 heavy (non-hydrogen) atoms. The molecular formula is C16H22ClN3O3S. The van der Waals surface area contributed by atoms with Gasteiger partial charge in [-0.2, -0.15) is 4.31 Å². The number of nitrogens with one attached hydrogen (secondary N) is 1. The van der Waals surface area contributed by atoms with E-state index in [4.69, 9.17) is 11.6 Å². The van der Waals surface area contributed by atoms with Crippen molar-refractivity contribution in [3.05, 3.63) is 23.5 Å². The third-order valence-electron chi connectivity index (χ3n) is 4.87. The summed E-state index contributed by atoms with van der Waals surface area (Å²) in [4.78, 5) is 16.2. The molecule has 2 fully saturated rings. The molecule has 1 atom stereocenters. The van der Waals surface area contributed by atoms with Crippen LogP contribution in [0.2, 0.25) is 5.15 Å². The summed E-state index contributed by atoms with van der Waals surface area (Å²) < 4.78 is 26.7. The molecule has 6 nitrogen and oxygen atoms in total. The number of amides is 1. The second kappa shape index (κ2) is 6.98. The highest BCUT2D eigenvalue weighted by Gasteiger charge is 2.35. The summed E-state index contributed by atoms with van der Waals surface area (Å²) in [5, 5.41) is 3.05. The molecule has 3 rings (SSSR count). The zero-order valence-electron chi connectivity index (χ0n) is 13.6. The summed E-state index contributed by atoms with van der Waals surface area (Å²) in [5.74, 6) is 0.537. The topological polar surface area (TPSA) is 79.4 Å². The van der Waals surface area contributed by atoms with Gasteiger partial charge in [0, 0.05) is 31.2 Å². The number of halogens is 1. The van der Waals surface area contributed by atoms with Gasteiger partial charge in [-0.3, -0.25) is 4.79 Å². The Labute approximate surface area is 147 Å². The van der Waals surface area contributed by atoms with Crippen LogP contribution >= 0.6 is 11.6 Å². The van der Waals surface area contributed by atoms with Crippen molar-refractivity contribution in [2.24, 2.45) is 11.8 Å². The van der Waals surface area contributed by atoms with Gasteiger partial charge in [0.2, 0.25) is 15.9 Å². The van der Waals surface area contributed by atoms with E-state index < -0.39 is 10.0 Å². The van der Waals surface area contributed by atoms with Crippen molar-refractivity contribution in [3.63, 3.8) is 0 Å². The fourth-order valence-corrected chi connectivity index (χ4v) is 5.02. The van der Waals surface area contributed by atoms with Crippen molar-refractivity contribution in [2.75, 3.05) is 13.1 Å². The highest BCUT2D eigenvalue weighted by atomic mass is 35.5. The van der Waals surface area contributed by atoms with Gasteiger partial charge in [0.05, 0.1) is 0 Å². The predicted molar refractivity (Wildman–Crippen MR) is 91.1 cm³/mol. The van der Waals surface area contributed by atoms with Gasteiger partial charge in [-0.05, 0) is 50.7 Å². The maximum Gasteiger partial charge on any atom is 0.246 e. The summed E-state index contributed by atoms with van der Waals surface area (Å²) >= 11 is 5.92. The minimum absolute atomic E-state index is 0.0179. The van der Waals surface area contributed by atoms with Crippen LogP contribution in [0.4, 0.5) is 0 Å². The van der Waals surface area contributed by atoms with E-state index in [1.807, 2.05) is 6.92 Å². The minimum Gasteiger partial charge on any atom is -0.353 e. The molecule has 1 aromatic rings. The molecule has 1 amide bonds. The van der Waals surface area contributed by atoms with E-state index in [1.165, 1.54) is 29.4 Å². The van der Waals surface area contributed by atoms with Gasteiger partial charge in [0.15, 0.2) is 0 Å². The molecule has 132 valence electrons. The number of hydrogen-bond donors (Lipinski definition) is 1. The first-order valence-electron chi connectivity index (χ1n) is 8.30. The van der Waals surface area contributed by atoms with Crippen LogP contribution in [0.25, 0.3) is 0 Å². The molecule has 2 heterocycles. The first-order valence-corrected chi connectivity index (χ1v) is 10.1. The SMILES string of the molecule is CC(NC(=O)C1CCN(S(=O)(=O)c2cccnc2Cl)CC1)C1CC1. The molecule has 0 aromatic carbocycles. The highest BCUT2D eigenvalue weighted by Crippen LogP contribution is 2.33. The van der Waals surface area contributed by atoms with Crippen LogP contribution in [-0.4, -0.2) is 42.7 Å². The molecule has 1 aromatic heterocycles. The minimum atomic E-state index is -3.66. The molecule has 1 unspecified atom stereocenters. The number of hydrogen-bond acceptors (Lipinski definition) is 4. The van der Waals surface area contributed by atoms with Crippen LogP contribution < -0.4 is 5.32 Å². The molecule has 0 spiro atoms. The fourth-order valence-electron chi connectivity index (χ4n) is 3.12. The molecule has 1 saturated carbocycles. The standard InChI is InChI=1S/C16H22ClN3O3S/c1-11(12-4-5-12)19-16(21)13-6-9-20(10-7-13)24(22,23)14-3-2-8-18-15(14)17/h2-3,8,11-13H,4-7,9-10H2,1H3,(H,19,21). The highest BCUT2D eigenvalue weighted by molar-refractivity contribution is 7.89. The van der Waals surface area contributed by atoms with Crippen LogP contribution in [-0.2, 0) is 14.8 Å². The number of pyridine rings is 1. The van der Waals surface area contributed by atoms with E-state index in [2.05, 4.69) is 10.3 Å².